The molecule has 0 spiro atoms. The number of esters is 1. The number of benzene rings is 2. The Labute approximate surface area is 190 Å². The summed E-state index contributed by atoms with van der Waals surface area (Å²) in [5.41, 5.74) is 0.519. The molecule has 0 amide bonds. The van der Waals surface area contributed by atoms with Gasteiger partial charge in [0.15, 0.2) is 22.7 Å². The molecule has 3 aromatic rings. The van der Waals surface area contributed by atoms with E-state index in [4.69, 9.17) is 32.8 Å². The lowest BCUT2D eigenvalue weighted by Crippen LogP contribution is -2.11. The molecule has 0 saturated heterocycles. The van der Waals surface area contributed by atoms with E-state index in [0.29, 0.717) is 17.2 Å². The summed E-state index contributed by atoms with van der Waals surface area (Å²) in [6.45, 7) is 0. The van der Waals surface area contributed by atoms with Crippen LogP contribution in [-0.2, 0) is 4.74 Å². The summed E-state index contributed by atoms with van der Waals surface area (Å²) in [5, 5.41) is 0.101. The first kappa shape index (κ1) is 23.5. The van der Waals surface area contributed by atoms with Gasteiger partial charge in [0.2, 0.25) is 5.75 Å². The van der Waals surface area contributed by atoms with Gasteiger partial charge in [-0.1, -0.05) is 6.08 Å². The highest BCUT2D eigenvalue weighted by Crippen LogP contribution is 2.39. The number of carbonyl (C=O) groups excluding carboxylic acids is 1. The Morgan fingerprint density at radius 3 is 1.88 bits per heavy atom. The molecule has 33 heavy (non-hydrogen) atoms. The first-order valence-electron chi connectivity index (χ1n) is 9.71. The Balaban J connectivity index is 2.14. The van der Waals surface area contributed by atoms with Crippen LogP contribution in [0.4, 0.5) is 0 Å². The standard InChI is InChI=1S/C24H24O9/c1-27-16-12-17-20(23(31-5)21(16)24(26)32-6)15(25)11-14(33-17)8-7-13-9-18(28-2)22(30-4)19(10-13)29-3/h7-12H,1-6H3. The molecule has 0 aliphatic rings. The first-order chi connectivity index (χ1) is 15.9. The van der Waals surface area contributed by atoms with E-state index in [1.165, 1.54) is 54.8 Å². The normalized spacial score (nSPS) is 10.8. The predicted octanol–water partition coefficient (Wildman–Crippen LogP) is 3.79. The van der Waals surface area contributed by atoms with Crippen LogP contribution in [0.3, 0.4) is 0 Å². The van der Waals surface area contributed by atoms with Crippen LogP contribution < -0.4 is 29.1 Å². The van der Waals surface area contributed by atoms with Gasteiger partial charge in [0.1, 0.15) is 28.0 Å². The largest absolute Gasteiger partial charge is 0.496 e. The lowest BCUT2D eigenvalue weighted by Gasteiger charge is -2.14. The van der Waals surface area contributed by atoms with Crippen molar-refractivity contribution in [3.8, 4) is 28.7 Å². The third-order valence-electron chi connectivity index (χ3n) is 4.90. The Kier molecular flexibility index (Phi) is 7.12. The molecule has 0 aliphatic heterocycles. The lowest BCUT2D eigenvalue weighted by molar-refractivity contribution is 0.0593. The van der Waals surface area contributed by atoms with Crippen LogP contribution in [0.25, 0.3) is 23.1 Å². The van der Waals surface area contributed by atoms with Crippen molar-refractivity contribution in [2.45, 2.75) is 0 Å². The average molecular weight is 456 g/mol. The Hall–Kier alpha value is -4.14. The van der Waals surface area contributed by atoms with Crippen LogP contribution in [-0.4, -0.2) is 48.6 Å². The molecule has 0 radical (unpaired) electrons. The molecule has 9 heteroatoms. The van der Waals surface area contributed by atoms with Gasteiger partial charge in [-0.05, 0) is 23.8 Å². The lowest BCUT2D eigenvalue weighted by atomic mass is 10.1. The number of hydrogen-bond donors (Lipinski definition) is 0. The highest BCUT2D eigenvalue weighted by Gasteiger charge is 2.25. The Morgan fingerprint density at radius 2 is 1.36 bits per heavy atom. The SMILES string of the molecule is COC(=O)c1c(OC)cc2oc(C=Cc3cc(OC)c(OC)c(OC)c3)cc(=O)c2c1OC. The summed E-state index contributed by atoms with van der Waals surface area (Å²) in [5.74, 6) is 1.19. The molecule has 0 atom stereocenters. The van der Waals surface area contributed by atoms with Crippen LogP contribution in [0.5, 0.6) is 28.7 Å². The van der Waals surface area contributed by atoms with Gasteiger partial charge in [-0.15, -0.1) is 0 Å². The summed E-state index contributed by atoms with van der Waals surface area (Å²) in [4.78, 5) is 25.2. The Morgan fingerprint density at radius 1 is 0.758 bits per heavy atom. The van der Waals surface area contributed by atoms with E-state index >= 15 is 0 Å². The van der Waals surface area contributed by atoms with Gasteiger partial charge in [-0.3, -0.25) is 4.79 Å². The highest BCUT2D eigenvalue weighted by molar-refractivity contribution is 6.03. The summed E-state index contributed by atoms with van der Waals surface area (Å²) >= 11 is 0. The molecule has 174 valence electrons. The van der Waals surface area contributed by atoms with Gasteiger partial charge in [0.25, 0.3) is 0 Å². The second-order valence-electron chi connectivity index (χ2n) is 6.66. The zero-order chi connectivity index (χ0) is 24.1. The fourth-order valence-corrected chi connectivity index (χ4v) is 3.40. The molecule has 2 aromatic carbocycles. The maximum Gasteiger partial charge on any atom is 0.345 e. The smallest absolute Gasteiger partial charge is 0.345 e. The third-order valence-corrected chi connectivity index (χ3v) is 4.90. The molecular formula is C24H24O9. The van der Waals surface area contributed by atoms with E-state index < -0.39 is 11.4 Å². The van der Waals surface area contributed by atoms with Crippen molar-refractivity contribution in [1.82, 2.24) is 0 Å². The molecule has 0 unspecified atom stereocenters. The second-order valence-corrected chi connectivity index (χ2v) is 6.66. The van der Waals surface area contributed by atoms with Crippen molar-refractivity contribution in [3.05, 3.63) is 51.4 Å². The Bertz CT molecular complexity index is 1250. The molecular weight excluding hydrogens is 432 g/mol. The molecule has 0 N–H and O–H groups in total. The minimum Gasteiger partial charge on any atom is -0.496 e. The number of rotatable bonds is 8. The molecule has 0 bridgehead atoms. The molecule has 1 heterocycles. The van der Waals surface area contributed by atoms with E-state index in [-0.39, 0.29) is 33.8 Å². The zero-order valence-corrected chi connectivity index (χ0v) is 19.1. The topological polar surface area (TPSA) is 103 Å². The molecule has 0 aliphatic carbocycles. The van der Waals surface area contributed by atoms with Gasteiger partial charge >= 0.3 is 5.97 Å². The van der Waals surface area contributed by atoms with Crippen LogP contribution in [0.15, 0.2) is 33.5 Å². The van der Waals surface area contributed by atoms with Crippen molar-refractivity contribution in [2.24, 2.45) is 0 Å². The summed E-state index contributed by atoms with van der Waals surface area (Å²) < 4.78 is 37.4. The van der Waals surface area contributed by atoms with Crippen molar-refractivity contribution in [3.63, 3.8) is 0 Å². The molecule has 0 saturated carbocycles. The van der Waals surface area contributed by atoms with Crippen molar-refractivity contribution >= 4 is 29.1 Å². The number of fused-ring (bicyclic) bond motifs is 1. The minimum absolute atomic E-state index is 0.00279. The van der Waals surface area contributed by atoms with Crippen molar-refractivity contribution in [1.29, 1.82) is 0 Å². The number of ether oxygens (including phenoxy) is 6. The van der Waals surface area contributed by atoms with Crippen LogP contribution in [0.1, 0.15) is 21.7 Å². The maximum absolute atomic E-state index is 12.9. The van der Waals surface area contributed by atoms with Gasteiger partial charge in [0, 0.05) is 12.1 Å². The summed E-state index contributed by atoms with van der Waals surface area (Å²) in [6.07, 6.45) is 3.35. The number of carbonyl (C=O) groups is 1. The maximum atomic E-state index is 12.9. The zero-order valence-electron chi connectivity index (χ0n) is 19.1. The van der Waals surface area contributed by atoms with E-state index in [1.54, 1.807) is 24.3 Å². The van der Waals surface area contributed by atoms with E-state index in [0.717, 1.165) is 5.56 Å². The molecule has 1 aromatic heterocycles. The number of hydrogen-bond acceptors (Lipinski definition) is 9. The van der Waals surface area contributed by atoms with Crippen molar-refractivity contribution < 1.29 is 37.6 Å². The predicted molar refractivity (Wildman–Crippen MR) is 122 cm³/mol. The summed E-state index contributed by atoms with van der Waals surface area (Å²) in [7, 11) is 8.53. The van der Waals surface area contributed by atoms with Gasteiger partial charge in [0.05, 0.1) is 42.7 Å². The molecule has 0 fully saturated rings. The monoisotopic (exact) mass is 456 g/mol. The minimum atomic E-state index is -0.698. The van der Waals surface area contributed by atoms with Crippen LogP contribution in [0, 0.1) is 0 Å². The van der Waals surface area contributed by atoms with E-state index in [9.17, 15) is 9.59 Å². The first-order valence-corrected chi connectivity index (χ1v) is 9.71. The van der Waals surface area contributed by atoms with Crippen LogP contribution in [0.2, 0.25) is 0 Å². The van der Waals surface area contributed by atoms with E-state index in [2.05, 4.69) is 0 Å². The highest BCUT2D eigenvalue weighted by atomic mass is 16.5. The quantitative estimate of drug-likeness (QED) is 0.468. The molecule has 9 nitrogen and oxygen atoms in total. The summed E-state index contributed by atoms with van der Waals surface area (Å²) in [6, 6.07) is 6.26. The van der Waals surface area contributed by atoms with Gasteiger partial charge in [-0.25, -0.2) is 4.79 Å². The fourth-order valence-electron chi connectivity index (χ4n) is 3.40. The second kappa shape index (κ2) is 9.99. The average Bonchev–Trinajstić information content (AvgIpc) is 2.84. The van der Waals surface area contributed by atoms with Gasteiger partial charge < -0.3 is 32.8 Å². The van der Waals surface area contributed by atoms with E-state index in [1.807, 2.05) is 0 Å². The third kappa shape index (κ3) is 4.43. The fraction of sp³-hybridized carbons (Fsp3) is 0.250. The van der Waals surface area contributed by atoms with Crippen molar-refractivity contribution in [2.75, 3.05) is 42.7 Å². The van der Waals surface area contributed by atoms with Gasteiger partial charge in [-0.2, -0.15) is 0 Å². The number of methoxy groups -OCH3 is 6. The molecule has 3 rings (SSSR count). The van der Waals surface area contributed by atoms with Crippen LogP contribution >= 0.6 is 0 Å².